The summed E-state index contributed by atoms with van der Waals surface area (Å²) in [6.07, 6.45) is 0. The Bertz CT molecular complexity index is 607. The Hall–Kier alpha value is 2.17. The number of Topliss-reactive ketones (excluding diaryl/α,β-unsaturated/α-hetero) is 1. The predicted octanol–water partition coefficient (Wildman–Crippen LogP) is 7.20. The van der Waals surface area contributed by atoms with Crippen LogP contribution in [0.25, 0.3) is 0 Å². The minimum absolute atomic E-state index is 0.127. The normalized spacial score (nSPS) is 14.7. The molecule has 0 bridgehead atoms. The van der Waals surface area contributed by atoms with Crippen molar-refractivity contribution >= 4 is 85.1 Å². The van der Waals surface area contributed by atoms with Crippen molar-refractivity contribution in [1.82, 2.24) is 0 Å². The largest absolute Gasteiger partial charge is 0.295 e. The number of nitrogens with zero attached hydrogens (tertiary/aromatic N) is 1. The summed E-state index contributed by atoms with van der Waals surface area (Å²) in [6.45, 7) is 4.74. The average Bonchev–Trinajstić information content (AvgIpc) is 2.90. The average molecular weight is 489 g/mol. The molecule has 1 aromatic rings. The molecule has 0 saturated carbocycles. The standard InChI is InChI=1S/C13H13NO.H11P9/c1-9-12(10(2)15)8-14-13(9)11-6-4-3-5-7-11;1-6-9(7(2)3)8(4)5/h3-7H,8H2,1-2H3;6H,1-5H2. The van der Waals surface area contributed by atoms with Gasteiger partial charge in [0.25, 0.3) is 0 Å². The van der Waals surface area contributed by atoms with Crippen molar-refractivity contribution in [2.24, 2.45) is 4.99 Å². The van der Waals surface area contributed by atoms with Gasteiger partial charge in [0.15, 0.2) is 5.78 Å². The van der Waals surface area contributed by atoms with E-state index in [1.54, 1.807) is 6.92 Å². The second-order valence-electron chi connectivity index (χ2n) is 4.87. The van der Waals surface area contributed by atoms with Gasteiger partial charge in [-0.1, -0.05) is 38.3 Å². The van der Waals surface area contributed by atoms with Gasteiger partial charge >= 0.3 is 0 Å². The number of hydrogen-bond acceptors (Lipinski definition) is 2. The van der Waals surface area contributed by atoms with E-state index in [4.69, 9.17) is 0 Å². The Labute approximate surface area is 162 Å². The Morgan fingerprint density at radius 1 is 1.12 bits per heavy atom. The van der Waals surface area contributed by atoms with Crippen LogP contribution in [0.3, 0.4) is 0 Å². The Morgan fingerprint density at radius 3 is 2.00 bits per heavy atom. The van der Waals surface area contributed by atoms with E-state index in [-0.39, 0.29) is 19.8 Å². The van der Waals surface area contributed by atoms with Gasteiger partial charge < -0.3 is 0 Å². The highest BCUT2D eigenvalue weighted by Gasteiger charge is 2.19. The molecule has 0 fully saturated rings. The molecule has 2 rings (SSSR count). The number of ketones is 1. The summed E-state index contributed by atoms with van der Waals surface area (Å²) in [5.41, 5.74) is 3.91. The molecule has 0 N–H and O–H groups in total. The molecular weight excluding hydrogens is 465 g/mol. The minimum atomic E-state index is 0.127. The Balaban J connectivity index is 0.000000277. The third-order valence-corrected chi connectivity index (χ3v) is 47.5. The maximum absolute atomic E-state index is 11.3. The first-order chi connectivity index (χ1) is 11.3. The molecule has 1 aliphatic rings. The van der Waals surface area contributed by atoms with Crippen LogP contribution < -0.4 is 0 Å². The number of benzene rings is 1. The van der Waals surface area contributed by atoms with E-state index >= 15 is 0 Å². The maximum Gasteiger partial charge on any atom is 0.158 e. The highest BCUT2D eigenvalue weighted by molar-refractivity contribution is 9.10. The monoisotopic (exact) mass is 489 g/mol. The smallest absolute Gasteiger partial charge is 0.158 e. The topological polar surface area (TPSA) is 29.4 Å². The molecule has 1 aromatic carbocycles. The minimum Gasteiger partial charge on any atom is -0.295 e. The fourth-order valence-electron chi connectivity index (χ4n) is 2.07. The summed E-state index contributed by atoms with van der Waals surface area (Å²) in [5, 5.41) is 0. The fourth-order valence-corrected chi connectivity index (χ4v) is 63.2. The number of rotatable bonds is 5. The molecular formula is C13H24NOP9. The molecule has 2 nitrogen and oxygen atoms in total. The molecule has 0 aromatic heterocycles. The molecule has 0 radical (unpaired) electrons. The molecule has 0 aliphatic carbocycles. The second kappa shape index (κ2) is 12.6. The molecule has 1 aliphatic heterocycles. The van der Waals surface area contributed by atoms with Crippen molar-refractivity contribution in [3.05, 3.63) is 47.0 Å². The molecule has 1 heterocycles. The number of aliphatic imine (C=N–C) groups is 1. The molecule has 0 saturated heterocycles. The van der Waals surface area contributed by atoms with Crippen molar-refractivity contribution in [2.45, 2.75) is 13.8 Å². The summed E-state index contributed by atoms with van der Waals surface area (Å²) in [5.74, 6) is 0.127. The lowest BCUT2D eigenvalue weighted by atomic mass is 10.0. The van der Waals surface area contributed by atoms with Gasteiger partial charge in [0.2, 0.25) is 0 Å². The van der Waals surface area contributed by atoms with Crippen molar-refractivity contribution < 1.29 is 4.79 Å². The number of carbonyl (C=O) groups excluding carboxylic acids is 1. The first-order valence-corrected chi connectivity index (χ1v) is 22.5. The number of hydrogen-bond donors (Lipinski definition) is 0. The van der Waals surface area contributed by atoms with Crippen molar-refractivity contribution in [1.29, 1.82) is 0 Å². The SMILES string of the molecule is CC(=O)C1=C(C)C(c2ccccc2)=NC1.PPP(P(P)P)P(P)P. The number of carbonyl (C=O) groups is 1. The zero-order chi connectivity index (χ0) is 18.3. The van der Waals surface area contributed by atoms with E-state index in [1.165, 1.54) is 0 Å². The van der Waals surface area contributed by atoms with Crippen LogP contribution in [0.15, 0.2) is 46.5 Å². The summed E-state index contributed by atoms with van der Waals surface area (Å²) in [4.78, 5) is 15.7. The lowest BCUT2D eigenvalue weighted by molar-refractivity contribution is -0.113. The van der Waals surface area contributed by atoms with Crippen LogP contribution in [0.5, 0.6) is 0 Å². The molecule has 132 valence electrons. The van der Waals surface area contributed by atoms with Gasteiger partial charge in [0.1, 0.15) is 0 Å². The van der Waals surface area contributed by atoms with Gasteiger partial charge in [-0.2, -0.15) is 0 Å². The first kappa shape index (κ1) is 24.2. The number of allylic oxidation sites excluding steroid dienone is 1. The first-order valence-electron chi connectivity index (χ1n) is 6.95. The van der Waals surface area contributed by atoms with Crippen molar-refractivity contribution in [3.63, 3.8) is 0 Å². The highest BCUT2D eigenvalue weighted by atomic mass is 33.2. The summed E-state index contributed by atoms with van der Waals surface area (Å²) in [6, 6.07) is 9.98. The van der Waals surface area contributed by atoms with Crippen molar-refractivity contribution in [3.8, 4) is 0 Å². The van der Waals surface area contributed by atoms with Crippen LogP contribution in [0, 0.1) is 0 Å². The van der Waals surface area contributed by atoms with Gasteiger partial charge in [-0.15, -0.1) is 44.6 Å². The molecule has 6 atom stereocenters. The van der Waals surface area contributed by atoms with Crippen LogP contribution in [0.4, 0.5) is 0 Å². The van der Waals surface area contributed by atoms with E-state index in [2.05, 4.69) is 49.6 Å². The summed E-state index contributed by atoms with van der Waals surface area (Å²) in [7, 11) is 15.6. The quantitative estimate of drug-likeness (QED) is 0.403. The molecule has 0 spiro atoms. The van der Waals surface area contributed by atoms with Crippen LogP contribution in [0.2, 0.25) is 0 Å². The molecule has 11 heteroatoms. The summed E-state index contributed by atoms with van der Waals surface area (Å²) < 4.78 is 0. The lowest BCUT2D eigenvalue weighted by Gasteiger charge is -2.22. The van der Waals surface area contributed by atoms with E-state index in [9.17, 15) is 4.79 Å². The Morgan fingerprint density at radius 2 is 1.67 bits per heavy atom. The van der Waals surface area contributed by atoms with E-state index in [0.717, 1.165) is 30.4 Å². The molecule has 24 heavy (non-hydrogen) atoms. The van der Waals surface area contributed by atoms with Gasteiger partial charge in [-0.25, -0.2) is 0 Å². The third kappa shape index (κ3) is 7.66. The third-order valence-electron chi connectivity index (χ3n) is 3.23. The lowest BCUT2D eigenvalue weighted by Crippen LogP contribution is -2.03. The Kier molecular flexibility index (Phi) is 12.7. The second-order valence-corrected chi connectivity index (χ2v) is 35.5. The summed E-state index contributed by atoms with van der Waals surface area (Å²) >= 11 is 0. The van der Waals surface area contributed by atoms with Crippen molar-refractivity contribution in [2.75, 3.05) is 6.54 Å². The molecule has 0 amide bonds. The van der Waals surface area contributed by atoms with Gasteiger partial charge in [0.05, 0.1) is 12.3 Å². The van der Waals surface area contributed by atoms with Crippen LogP contribution in [0.1, 0.15) is 19.4 Å². The fraction of sp³-hybridized carbons (Fsp3) is 0.231. The van der Waals surface area contributed by atoms with Crippen LogP contribution >= 0.6 is 73.6 Å². The van der Waals surface area contributed by atoms with Gasteiger partial charge in [-0.3, -0.25) is 9.79 Å². The predicted molar refractivity (Wildman–Crippen MR) is 139 cm³/mol. The van der Waals surface area contributed by atoms with Crippen LogP contribution in [-0.2, 0) is 4.79 Å². The zero-order valence-corrected chi connectivity index (χ0v) is 23.1. The van der Waals surface area contributed by atoms with E-state index in [0.29, 0.717) is 13.5 Å². The molecule has 6 unspecified atom stereocenters. The maximum atomic E-state index is 11.3. The van der Waals surface area contributed by atoms with Gasteiger partial charge in [-0.05, 0) is 45.9 Å². The highest BCUT2D eigenvalue weighted by Crippen LogP contribution is 3.04. The van der Waals surface area contributed by atoms with E-state index in [1.807, 2.05) is 37.3 Å². The van der Waals surface area contributed by atoms with E-state index < -0.39 is 0 Å². The van der Waals surface area contributed by atoms with Crippen LogP contribution in [-0.4, -0.2) is 18.0 Å². The zero-order valence-electron chi connectivity index (χ0n) is 13.7. The van der Waals surface area contributed by atoms with Gasteiger partial charge in [0, 0.05) is 5.57 Å².